The Bertz CT molecular complexity index is 1020. The molecule has 0 saturated heterocycles. The summed E-state index contributed by atoms with van der Waals surface area (Å²) in [4.78, 5) is 24.8. The summed E-state index contributed by atoms with van der Waals surface area (Å²) in [6.45, 7) is 0. The van der Waals surface area contributed by atoms with E-state index in [1.54, 1.807) is 18.2 Å². The number of fused-ring (bicyclic) bond motifs is 2. The van der Waals surface area contributed by atoms with Crippen LogP contribution in [0.25, 0.3) is 10.8 Å². The van der Waals surface area contributed by atoms with E-state index in [1.807, 2.05) is 36.4 Å². The largest absolute Gasteiger partial charge is 0.506 e. The monoisotopic (exact) mass is 347 g/mol. The van der Waals surface area contributed by atoms with Gasteiger partial charge in [-0.2, -0.15) is 0 Å². The Morgan fingerprint density at radius 3 is 2.15 bits per heavy atom. The molecule has 3 N–H and O–H groups in total. The van der Waals surface area contributed by atoms with Crippen molar-refractivity contribution in [2.75, 3.05) is 0 Å². The SMILES string of the molecule is O=C(NC1(C(=O)O)Cc2ccccc2C1)c1ccc2ccccc2c1O. The Balaban J connectivity index is 1.69. The second-order valence-electron chi connectivity index (χ2n) is 6.65. The van der Waals surface area contributed by atoms with Gasteiger partial charge in [0.15, 0.2) is 0 Å². The summed E-state index contributed by atoms with van der Waals surface area (Å²) >= 11 is 0. The van der Waals surface area contributed by atoms with E-state index in [9.17, 15) is 19.8 Å². The highest BCUT2D eigenvalue weighted by Crippen LogP contribution is 2.33. The number of carbonyl (C=O) groups is 2. The van der Waals surface area contributed by atoms with Gasteiger partial charge < -0.3 is 15.5 Å². The maximum Gasteiger partial charge on any atom is 0.330 e. The molecule has 0 aliphatic heterocycles. The lowest BCUT2D eigenvalue weighted by Gasteiger charge is -2.25. The fraction of sp³-hybridized carbons (Fsp3) is 0.143. The summed E-state index contributed by atoms with van der Waals surface area (Å²) in [5, 5.41) is 24.3. The summed E-state index contributed by atoms with van der Waals surface area (Å²) in [7, 11) is 0. The molecule has 3 aromatic carbocycles. The molecular formula is C21H17NO4. The minimum atomic E-state index is -1.40. The van der Waals surface area contributed by atoms with E-state index in [0.29, 0.717) is 5.39 Å². The Hall–Kier alpha value is -3.34. The maximum absolute atomic E-state index is 12.8. The van der Waals surface area contributed by atoms with Crippen molar-refractivity contribution in [2.24, 2.45) is 0 Å². The van der Waals surface area contributed by atoms with E-state index in [1.165, 1.54) is 6.07 Å². The van der Waals surface area contributed by atoms with Crippen LogP contribution in [0.2, 0.25) is 0 Å². The lowest BCUT2D eigenvalue weighted by Crippen LogP contribution is -2.55. The molecule has 5 heteroatoms. The first-order valence-electron chi connectivity index (χ1n) is 8.34. The van der Waals surface area contributed by atoms with Gasteiger partial charge in [-0.15, -0.1) is 0 Å². The minimum Gasteiger partial charge on any atom is -0.506 e. The zero-order valence-electron chi connectivity index (χ0n) is 13.9. The molecule has 5 nitrogen and oxygen atoms in total. The third kappa shape index (κ3) is 2.49. The molecule has 3 aromatic rings. The zero-order chi connectivity index (χ0) is 18.3. The molecule has 0 atom stereocenters. The molecule has 0 bridgehead atoms. The second kappa shape index (κ2) is 5.88. The quantitative estimate of drug-likeness (QED) is 0.680. The van der Waals surface area contributed by atoms with E-state index in [-0.39, 0.29) is 24.2 Å². The molecule has 1 amide bonds. The number of benzene rings is 3. The van der Waals surface area contributed by atoms with Crippen LogP contribution in [-0.4, -0.2) is 27.6 Å². The van der Waals surface area contributed by atoms with E-state index < -0.39 is 17.4 Å². The molecule has 1 aliphatic carbocycles. The fourth-order valence-electron chi connectivity index (χ4n) is 3.63. The lowest BCUT2D eigenvalue weighted by molar-refractivity contribution is -0.144. The highest BCUT2D eigenvalue weighted by molar-refractivity contribution is 6.05. The van der Waals surface area contributed by atoms with Crippen molar-refractivity contribution >= 4 is 22.6 Å². The average Bonchev–Trinajstić information content (AvgIpc) is 3.01. The number of carbonyl (C=O) groups excluding carboxylic acids is 1. The van der Waals surface area contributed by atoms with Gasteiger partial charge in [0.25, 0.3) is 5.91 Å². The predicted octanol–water partition coefficient (Wildman–Crippen LogP) is 2.90. The molecule has 130 valence electrons. The molecule has 26 heavy (non-hydrogen) atoms. The summed E-state index contributed by atoms with van der Waals surface area (Å²) < 4.78 is 0. The van der Waals surface area contributed by atoms with Gasteiger partial charge in [-0.3, -0.25) is 4.79 Å². The Morgan fingerprint density at radius 2 is 1.50 bits per heavy atom. The number of amides is 1. The Morgan fingerprint density at radius 1 is 0.885 bits per heavy atom. The van der Waals surface area contributed by atoms with Crippen molar-refractivity contribution < 1.29 is 19.8 Å². The van der Waals surface area contributed by atoms with E-state index >= 15 is 0 Å². The molecule has 0 spiro atoms. The van der Waals surface area contributed by atoms with Crippen LogP contribution in [0.1, 0.15) is 21.5 Å². The fourth-order valence-corrected chi connectivity index (χ4v) is 3.63. The van der Waals surface area contributed by atoms with Crippen LogP contribution in [0.15, 0.2) is 60.7 Å². The Labute approximate surface area is 149 Å². The summed E-state index contributed by atoms with van der Waals surface area (Å²) in [5.74, 6) is -1.82. The Kier molecular flexibility index (Phi) is 3.65. The van der Waals surface area contributed by atoms with E-state index in [2.05, 4.69) is 5.32 Å². The lowest BCUT2D eigenvalue weighted by atomic mass is 9.94. The van der Waals surface area contributed by atoms with Crippen molar-refractivity contribution in [3.8, 4) is 5.75 Å². The number of aromatic hydroxyl groups is 1. The predicted molar refractivity (Wildman–Crippen MR) is 97.3 cm³/mol. The molecule has 0 radical (unpaired) electrons. The maximum atomic E-state index is 12.8. The summed E-state index contributed by atoms with van der Waals surface area (Å²) in [6.07, 6.45) is 0.442. The number of phenols is 1. The number of hydrogen-bond acceptors (Lipinski definition) is 3. The minimum absolute atomic E-state index is 0.0697. The molecule has 0 aromatic heterocycles. The normalized spacial score (nSPS) is 14.8. The molecular weight excluding hydrogens is 330 g/mol. The summed E-state index contributed by atoms with van der Waals surface area (Å²) in [6, 6.07) is 17.9. The number of nitrogens with one attached hydrogen (secondary N) is 1. The van der Waals surface area contributed by atoms with Crippen molar-refractivity contribution in [1.29, 1.82) is 0 Å². The second-order valence-corrected chi connectivity index (χ2v) is 6.65. The van der Waals surface area contributed by atoms with Gasteiger partial charge in [-0.05, 0) is 22.6 Å². The molecule has 4 rings (SSSR count). The van der Waals surface area contributed by atoms with Crippen LogP contribution in [0.5, 0.6) is 5.75 Å². The number of aliphatic carboxylic acids is 1. The first-order valence-corrected chi connectivity index (χ1v) is 8.34. The third-order valence-corrected chi connectivity index (χ3v) is 5.01. The van der Waals surface area contributed by atoms with E-state index in [4.69, 9.17) is 0 Å². The molecule has 0 fully saturated rings. The number of phenolic OH excluding ortho intramolecular Hbond substituents is 1. The van der Waals surface area contributed by atoms with Crippen LogP contribution in [0.4, 0.5) is 0 Å². The van der Waals surface area contributed by atoms with Gasteiger partial charge in [-0.1, -0.05) is 54.6 Å². The van der Waals surface area contributed by atoms with Crippen LogP contribution in [0, 0.1) is 0 Å². The van der Waals surface area contributed by atoms with Gasteiger partial charge in [0.05, 0.1) is 5.56 Å². The number of rotatable bonds is 3. The van der Waals surface area contributed by atoms with Gasteiger partial charge in [0.2, 0.25) is 0 Å². The van der Waals surface area contributed by atoms with Gasteiger partial charge in [0.1, 0.15) is 11.3 Å². The van der Waals surface area contributed by atoms with Gasteiger partial charge in [-0.25, -0.2) is 4.79 Å². The molecule has 0 saturated carbocycles. The van der Waals surface area contributed by atoms with Crippen molar-refractivity contribution in [2.45, 2.75) is 18.4 Å². The van der Waals surface area contributed by atoms with Crippen molar-refractivity contribution in [1.82, 2.24) is 5.32 Å². The van der Waals surface area contributed by atoms with Crippen molar-refractivity contribution in [3.63, 3.8) is 0 Å². The van der Waals surface area contributed by atoms with E-state index in [0.717, 1.165) is 16.5 Å². The highest BCUT2D eigenvalue weighted by Gasteiger charge is 2.45. The van der Waals surface area contributed by atoms with Crippen LogP contribution >= 0.6 is 0 Å². The molecule has 0 unspecified atom stereocenters. The first kappa shape index (κ1) is 16.1. The topological polar surface area (TPSA) is 86.6 Å². The molecule has 0 heterocycles. The summed E-state index contributed by atoms with van der Waals surface area (Å²) in [5.41, 5.74) is 0.495. The standard InChI is InChI=1S/C21H17NO4/c23-18-16-8-4-3-5-13(16)9-10-17(18)19(24)22-21(20(25)26)11-14-6-1-2-7-15(14)12-21/h1-10,23H,11-12H2,(H,22,24)(H,25,26). The van der Waals surface area contributed by atoms with Crippen LogP contribution in [0.3, 0.4) is 0 Å². The molecule has 1 aliphatic rings. The van der Waals surface area contributed by atoms with Crippen LogP contribution < -0.4 is 5.32 Å². The smallest absolute Gasteiger partial charge is 0.330 e. The third-order valence-electron chi connectivity index (χ3n) is 5.01. The van der Waals surface area contributed by atoms with Gasteiger partial charge in [0, 0.05) is 18.2 Å². The average molecular weight is 347 g/mol. The van der Waals surface area contributed by atoms with Crippen molar-refractivity contribution in [3.05, 3.63) is 77.4 Å². The number of carboxylic acid groups (broad SMARTS) is 1. The highest BCUT2D eigenvalue weighted by atomic mass is 16.4. The zero-order valence-corrected chi connectivity index (χ0v) is 13.9. The van der Waals surface area contributed by atoms with Gasteiger partial charge >= 0.3 is 5.97 Å². The van der Waals surface area contributed by atoms with Crippen LogP contribution in [-0.2, 0) is 17.6 Å². The number of carboxylic acids is 1. The first-order chi connectivity index (χ1) is 12.5. The number of hydrogen-bond donors (Lipinski definition) is 3.